The van der Waals surface area contributed by atoms with E-state index in [0.29, 0.717) is 0 Å². The van der Waals surface area contributed by atoms with Crippen molar-refractivity contribution in [3.63, 3.8) is 0 Å². The Balaban J connectivity index is 2.99. The quantitative estimate of drug-likeness (QED) is 0.391. The average Bonchev–Trinajstić information content (AvgIpc) is 2.29. The lowest BCUT2D eigenvalue weighted by Crippen LogP contribution is -2.40. The Morgan fingerprint density at radius 3 is 1.67 bits per heavy atom. The van der Waals surface area contributed by atoms with Gasteiger partial charge in [0.2, 0.25) is 0 Å². The van der Waals surface area contributed by atoms with E-state index >= 15 is 0 Å². The topological polar surface area (TPSA) is 12.0 Å². The van der Waals surface area contributed by atoms with Crippen molar-refractivity contribution in [3.8, 4) is 0 Å². The third-order valence-electron chi connectivity index (χ3n) is 3.42. The van der Waals surface area contributed by atoms with Crippen molar-refractivity contribution in [3.05, 3.63) is 0 Å². The molecule has 0 radical (unpaired) electrons. The molecule has 0 saturated heterocycles. The highest BCUT2D eigenvalue weighted by Crippen LogP contribution is 2.09. The number of nitrogens with one attached hydrogen (secondary N) is 1. The molecule has 18 heavy (non-hydrogen) atoms. The Hall–Kier alpha value is -0.0800. The third kappa shape index (κ3) is 15.9. The monoisotopic (exact) mass is 257 g/mol. The molecule has 0 aliphatic rings. The van der Waals surface area contributed by atoms with Crippen LogP contribution in [0.4, 0.5) is 0 Å². The second-order valence-electron chi connectivity index (χ2n) is 6.59. The summed E-state index contributed by atoms with van der Waals surface area (Å²) in [6, 6.07) is 0. The van der Waals surface area contributed by atoms with Crippen molar-refractivity contribution < 1.29 is 4.48 Å². The molecular formula is C16H37N2+. The van der Waals surface area contributed by atoms with Crippen LogP contribution >= 0.6 is 0 Å². The fourth-order valence-corrected chi connectivity index (χ4v) is 2.10. The van der Waals surface area contributed by atoms with E-state index < -0.39 is 0 Å². The molecule has 0 saturated carbocycles. The summed E-state index contributed by atoms with van der Waals surface area (Å²) in [4.78, 5) is 0. The van der Waals surface area contributed by atoms with E-state index in [1.807, 2.05) is 0 Å². The number of quaternary nitrogens is 1. The van der Waals surface area contributed by atoms with Crippen molar-refractivity contribution in [1.82, 2.24) is 5.32 Å². The number of nitrogens with zero attached hydrogens (tertiary/aromatic N) is 1. The molecule has 0 heterocycles. The Bertz CT molecular complexity index is 161. The summed E-state index contributed by atoms with van der Waals surface area (Å²) in [5.74, 6) is 0. The lowest BCUT2D eigenvalue weighted by Gasteiger charge is -2.23. The van der Waals surface area contributed by atoms with Crippen LogP contribution in [0.3, 0.4) is 0 Å². The zero-order valence-electron chi connectivity index (χ0n) is 13.4. The van der Waals surface area contributed by atoms with E-state index in [-0.39, 0.29) is 0 Å². The minimum Gasteiger partial charge on any atom is -0.330 e. The molecule has 2 heteroatoms. The number of unbranched alkanes of at least 4 members (excludes halogenated alkanes) is 8. The summed E-state index contributed by atoms with van der Waals surface area (Å²) in [5, 5.41) is 3.55. The highest BCUT2D eigenvalue weighted by atomic mass is 15.3. The molecule has 0 fully saturated rings. The highest BCUT2D eigenvalue weighted by molar-refractivity contribution is 4.50. The second kappa shape index (κ2) is 12.0. The molecule has 0 unspecified atom stereocenters. The van der Waals surface area contributed by atoms with Crippen LogP contribution in [0.25, 0.3) is 0 Å². The maximum absolute atomic E-state index is 3.55. The largest absolute Gasteiger partial charge is 0.330 e. The van der Waals surface area contributed by atoms with Gasteiger partial charge in [0.15, 0.2) is 0 Å². The van der Waals surface area contributed by atoms with Gasteiger partial charge in [-0.15, -0.1) is 0 Å². The zero-order valence-corrected chi connectivity index (χ0v) is 13.4. The van der Waals surface area contributed by atoms with Gasteiger partial charge in [0.25, 0.3) is 0 Å². The molecule has 0 aromatic rings. The highest BCUT2D eigenvalue weighted by Gasteiger charge is 2.04. The Morgan fingerprint density at radius 2 is 1.17 bits per heavy atom. The van der Waals surface area contributed by atoms with Crippen LogP contribution in [-0.2, 0) is 0 Å². The maximum Gasteiger partial charge on any atom is 0.0907 e. The van der Waals surface area contributed by atoms with Crippen molar-refractivity contribution in [2.24, 2.45) is 0 Å². The van der Waals surface area contributed by atoms with Crippen LogP contribution in [-0.4, -0.2) is 45.3 Å². The molecule has 0 rings (SSSR count). The predicted molar refractivity (Wildman–Crippen MR) is 83.0 cm³/mol. The van der Waals surface area contributed by atoms with Gasteiger partial charge in [-0.05, 0) is 13.0 Å². The minimum atomic E-state index is 1.06. The molecule has 0 aliphatic heterocycles. The maximum atomic E-state index is 3.55. The van der Waals surface area contributed by atoms with Crippen LogP contribution in [0, 0.1) is 0 Å². The van der Waals surface area contributed by atoms with Gasteiger partial charge in [-0.25, -0.2) is 0 Å². The van der Waals surface area contributed by atoms with Crippen molar-refractivity contribution in [2.75, 3.05) is 40.8 Å². The summed E-state index contributed by atoms with van der Waals surface area (Å²) in [6.45, 7) is 5.86. The SMILES string of the molecule is CCCCCCCCCCCNCC[N+](C)(C)C. The second-order valence-corrected chi connectivity index (χ2v) is 6.59. The van der Waals surface area contributed by atoms with Gasteiger partial charge < -0.3 is 9.80 Å². The van der Waals surface area contributed by atoms with Gasteiger partial charge >= 0.3 is 0 Å². The number of hydrogen-bond acceptors (Lipinski definition) is 1. The molecule has 0 aromatic heterocycles. The molecule has 0 bridgehead atoms. The first-order valence-electron chi connectivity index (χ1n) is 8.07. The van der Waals surface area contributed by atoms with Gasteiger partial charge in [-0.2, -0.15) is 0 Å². The van der Waals surface area contributed by atoms with Crippen molar-refractivity contribution in [1.29, 1.82) is 0 Å². The Kier molecular flexibility index (Phi) is 11.9. The van der Waals surface area contributed by atoms with Gasteiger partial charge in [-0.1, -0.05) is 58.3 Å². The number of likely N-dealkylation sites (N-methyl/N-ethyl adjacent to an activating group) is 1. The fraction of sp³-hybridized carbons (Fsp3) is 1.00. The lowest BCUT2D eigenvalue weighted by molar-refractivity contribution is -0.869. The fourth-order valence-electron chi connectivity index (χ4n) is 2.10. The van der Waals surface area contributed by atoms with Crippen LogP contribution in [0.1, 0.15) is 64.7 Å². The first-order valence-corrected chi connectivity index (χ1v) is 8.07. The van der Waals surface area contributed by atoms with Crippen LogP contribution < -0.4 is 5.32 Å². The zero-order chi connectivity index (χ0) is 13.7. The Morgan fingerprint density at radius 1 is 0.667 bits per heavy atom. The average molecular weight is 257 g/mol. The van der Waals surface area contributed by atoms with E-state index in [4.69, 9.17) is 0 Å². The first-order chi connectivity index (χ1) is 8.56. The van der Waals surface area contributed by atoms with Crippen LogP contribution in [0.2, 0.25) is 0 Å². The summed E-state index contributed by atoms with van der Waals surface area (Å²) in [7, 11) is 6.75. The van der Waals surface area contributed by atoms with Gasteiger partial charge in [0, 0.05) is 6.54 Å². The van der Waals surface area contributed by atoms with Gasteiger partial charge in [0.1, 0.15) is 0 Å². The summed E-state index contributed by atoms with van der Waals surface area (Å²) in [5.41, 5.74) is 0. The predicted octanol–water partition coefficient (Wildman–Crippen LogP) is 3.81. The van der Waals surface area contributed by atoms with Gasteiger partial charge in [0.05, 0.1) is 27.7 Å². The standard InChI is InChI=1S/C16H37N2/c1-5-6-7-8-9-10-11-12-13-14-17-15-16-18(2,3)4/h17H,5-16H2,1-4H3/q+1. The molecular weight excluding hydrogens is 220 g/mol. The van der Waals surface area contributed by atoms with E-state index in [2.05, 4.69) is 33.4 Å². The van der Waals surface area contributed by atoms with E-state index in [9.17, 15) is 0 Å². The molecule has 0 amide bonds. The smallest absolute Gasteiger partial charge is 0.0907 e. The lowest BCUT2D eigenvalue weighted by atomic mass is 10.1. The molecule has 2 nitrogen and oxygen atoms in total. The summed E-state index contributed by atoms with van der Waals surface area (Å²) in [6.07, 6.45) is 12.8. The van der Waals surface area contributed by atoms with E-state index in [1.54, 1.807) is 0 Å². The normalized spacial score (nSPS) is 12.0. The number of rotatable bonds is 13. The molecule has 0 spiro atoms. The van der Waals surface area contributed by atoms with Crippen LogP contribution in [0.5, 0.6) is 0 Å². The summed E-state index contributed by atoms with van der Waals surface area (Å²) >= 11 is 0. The van der Waals surface area contributed by atoms with Gasteiger partial charge in [-0.3, -0.25) is 0 Å². The Labute approximate surface area is 116 Å². The molecule has 110 valence electrons. The first kappa shape index (κ1) is 17.9. The molecule has 0 aromatic carbocycles. The third-order valence-corrected chi connectivity index (χ3v) is 3.42. The number of hydrogen-bond donors (Lipinski definition) is 1. The minimum absolute atomic E-state index is 1.06. The van der Waals surface area contributed by atoms with Crippen molar-refractivity contribution in [2.45, 2.75) is 64.7 Å². The van der Waals surface area contributed by atoms with E-state index in [0.717, 1.165) is 11.0 Å². The van der Waals surface area contributed by atoms with Crippen molar-refractivity contribution >= 4 is 0 Å². The van der Waals surface area contributed by atoms with Crippen LogP contribution in [0.15, 0.2) is 0 Å². The molecule has 1 N–H and O–H groups in total. The van der Waals surface area contributed by atoms with E-state index in [1.165, 1.54) is 70.9 Å². The molecule has 0 aliphatic carbocycles. The molecule has 0 atom stereocenters. The summed E-state index contributed by atoms with van der Waals surface area (Å²) < 4.78 is 1.06.